The molecule has 130 valence electrons. The van der Waals surface area contributed by atoms with Crippen LogP contribution in [0.2, 0.25) is 0 Å². The van der Waals surface area contributed by atoms with Gasteiger partial charge < -0.3 is 9.84 Å². The first-order chi connectivity index (χ1) is 12.5. The van der Waals surface area contributed by atoms with Crippen LogP contribution in [-0.2, 0) is 0 Å². The van der Waals surface area contributed by atoms with Crippen molar-refractivity contribution in [2.75, 3.05) is 5.32 Å². The summed E-state index contributed by atoms with van der Waals surface area (Å²) >= 11 is 0. The number of nitrogens with one attached hydrogen (secondary N) is 1. The number of nitrogens with zero attached hydrogens (tertiary/aromatic N) is 4. The van der Waals surface area contributed by atoms with Crippen molar-refractivity contribution in [2.45, 2.75) is 13.8 Å². The summed E-state index contributed by atoms with van der Waals surface area (Å²) in [7, 11) is 0. The van der Waals surface area contributed by atoms with E-state index in [1.807, 2.05) is 19.1 Å². The number of imidazole rings is 1. The molecule has 8 heteroatoms. The van der Waals surface area contributed by atoms with E-state index in [4.69, 9.17) is 4.52 Å². The first kappa shape index (κ1) is 15.9. The molecule has 0 aliphatic carbocycles. The summed E-state index contributed by atoms with van der Waals surface area (Å²) in [5.74, 6) is 0.0524. The number of aromatic nitrogens is 4. The third-order valence-corrected chi connectivity index (χ3v) is 3.97. The fraction of sp³-hybridized carbons (Fsp3) is 0.111. The number of amides is 1. The van der Waals surface area contributed by atoms with Crippen LogP contribution in [0.3, 0.4) is 0 Å². The van der Waals surface area contributed by atoms with Crippen molar-refractivity contribution in [3.05, 3.63) is 65.7 Å². The normalized spacial score (nSPS) is 11.0. The summed E-state index contributed by atoms with van der Waals surface area (Å²) in [5, 5.41) is 6.71. The minimum absolute atomic E-state index is 0.236. The molecule has 1 amide bonds. The molecule has 0 unspecified atom stereocenters. The van der Waals surface area contributed by atoms with Crippen LogP contribution in [0.1, 0.15) is 21.9 Å². The molecule has 7 nitrogen and oxygen atoms in total. The summed E-state index contributed by atoms with van der Waals surface area (Å²) < 4.78 is 19.9. The van der Waals surface area contributed by atoms with E-state index in [1.54, 1.807) is 13.0 Å². The van der Waals surface area contributed by atoms with Crippen molar-refractivity contribution in [3.63, 3.8) is 0 Å². The Kier molecular flexibility index (Phi) is 3.72. The second-order valence-electron chi connectivity index (χ2n) is 5.84. The number of hydrogen-bond acceptors (Lipinski definition) is 5. The van der Waals surface area contributed by atoms with E-state index < -0.39 is 11.7 Å². The highest BCUT2D eigenvalue weighted by Gasteiger charge is 2.15. The number of anilines is 1. The van der Waals surface area contributed by atoms with Gasteiger partial charge in [0.1, 0.15) is 17.2 Å². The Labute approximate surface area is 147 Å². The predicted octanol–water partition coefficient (Wildman–Crippen LogP) is 3.39. The van der Waals surface area contributed by atoms with Crippen molar-refractivity contribution in [3.8, 4) is 11.4 Å². The zero-order valence-corrected chi connectivity index (χ0v) is 14.0. The largest absolute Gasteiger partial charge is 0.339 e. The van der Waals surface area contributed by atoms with Crippen LogP contribution in [0, 0.1) is 19.7 Å². The fourth-order valence-corrected chi connectivity index (χ4v) is 2.62. The lowest BCUT2D eigenvalue weighted by Crippen LogP contribution is -2.15. The van der Waals surface area contributed by atoms with E-state index in [0.717, 1.165) is 5.56 Å². The average molecular weight is 351 g/mol. The summed E-state index contributed by atoms with van der Waals surface area (Å²) in [6, 6.07) is 8.27. The van der Waals surface area contributed by atoms with E-state index in [9.17, 15) is 9.18 Å². The van der Waals surface area contributed by atoms with Crippen LogP contribution in [-0.4, -0.2) is 25.4 Å². The highest BCUT2D eigenvalue weighted by Crippen LogP contribution is 2.24. The lowest BCUT2D eigenvalue weighted by atomic mass is 10.1. The van der Waals surface area contributed by atoms with Gasteiger partial charge in [-0.15, -0.1) is 0 Å². The lowest BCUT2D eigenvalue weighted by molar-refractivity contribution is 0.102. The molecule has 0 atom stereocenters. The van der Waals surface area contributed by atoms with Crippen LogP contribution in [0.4, 0.5) is 10.1 Å². The zero-order chi connectivity index (χ0) is 18.3. The van der Waals surface area contributed by atoms with Crippen LogP contribution in [0.5, 0.6) is 0 Å². The zero-order valence-electron chi connectivity index (χ0n) is 14.0. The smallest absolute Gasteiger partial charge is 0.274 e. The van der Waals surface area contributed by atoms with Gasteiger partial charge in [0, 0.05) is 24.4 Å². The topological polar surface area (TPSA) is 85.3 Å². The molecule has 3 heterocycles. The first-order valence-electron chi connectivity index (χ1n) is 7.86. The summed E-state index contributed by atoms with van der Waals surface area (Å²) in [6.45, 7) is 3.58. The van der Waals surface area contributed by atoms with Gasteiger partial charge in [-0.2, -0.15) is 4.98 Å². The van der Waals surface area contributed by atoms with Crippen molar-refractivity contribution in [1.82, 2.24) is 19.5 Å². The van der Waals surface area contributed by atoms with Crippen molar-refractivity contribution < 1.29 is 13.7 Å². The summed E-state index contributed by atoms with van der Waals surface area (Å²) in [5.41, 5.74) is 2.90. The fourth-order valence-electron chi connectivity index (χ4n) is 2.62. The maximum absolute atomic E-state index is 13.5. The predicted molar refractivity (Wildman–Crippen MR) is 92.3 cm³/mol. The Hall–Kier alpha value is -3.55. The molecule has 0 aliphatic heterocycles. The molecule has 0 spiro atoms. The second-order valence-corrected chi connectivity index (χ2v) is 5.84. The van der Waals surface area contributed by atoms with Crippen molar-refractivity contribution in [2.24, 2.45) is 0 Å². The number of carbonyl (C=O) groups is 1. The maximum atomic E-state index is 13.5. The van der Waals surface area contributed by atoms with Gasteiger partial charge in [-0.1, -0.05) is 17.3 Å². The molecular formula is C18H14FN5O2. The number of halogens is 1. The SMILES string of the molecule is Cc1nc(-c2ccc(C)c(NC(=O)c3cnc4ccc(F)cn34)c2)no1. The quantitative estimate of drug-likeness (QED) is 0.611. The van der Waals surface area contributed by atoms with E-state index in [2.05, 4.69) is 20.4 Å². The summed E-state index contributed by atoms with van der Waals surface area (Å²) in [4.78, 5) is 21.0. The van der Waals surface area contributed by atoms with Gasteiger partial charge in [0.2, 0.25) is 11.7 Å². The highest BCUT2D eigenvalue weighted by molar-refractivity contribution is 6.04. The van der Waals surface area contributed by atoms with Crippen molar-refractivity contribution >= 4 is 17.2 Å². The Bertz CT molecular complexity index is 1130. The average Bonchev–Trinajstić information content (AvgIpc) is 3.22. The van der Waals surface area contributed by atoms with E-state index >= 15 is 0 Å². The standard InChI is InChI=1S/C18H14FN5O2/c1-10-3-4-12(17-21-11(2)26-23-17)7-14(10)22-18(25)15-8-20-16-6-5-13(19)9-24(15)16/h3-9H,1-2H3,(H,22,25). The molecule has 1 aromatic carbocycles. The Morgan fingerprint density at radius 1 is 1.23 bits per heavy atom. The second kappa shape index (κ2) is 6.07. The number of carbonyl (C=O) groups excluding carboxylic acids is 1. The van der Waals surface area contributed by atoms with Gasteiger partial charge in [-0.3, -0.25) is 9.20 Å². The van der Waals surface area contributed by atoms with Crippen molar-refractivity contribution in [1.29, 1.82) is 0 Å². The maximum Gasteiger partial charge on any atom is 0.274 e. The van der Waals surface area contributed by atoms with Gasteiger partial charge in [0.25, 0.3) is 5.91 Å². The molecular weight excluding hydrogens is 337 g/mol. The third kappa shape index (κ3) is 2.81. The van der Waals surface area contributed by atoms with Gasteiger partial charge in [0.15, 0.2) is 0 Å². The van der Waals surface area contributed by atoms with Crippen LogP contribution in [0.15, 0.2) is 47.2 Å². The van der Waals surface area contributed by atoms with Crippen LogP contribution in [0.25, 0.3) is 17.0 Å². The first-order valence-corrected chi connectivity index (χ1v) is 7.86. The highest BCUT2D eigenvalue weighted by atomic mass is 19.1. The number of benzene rings is 1. The van der Waals surface area contributed by atoms with E-state index in [-0.39, 0.29) is 5.69 Å². The number of fused-ring (bicyclic) bond motifs is 1. The van der Waals surface area contributed by atoms with E-state index in [0.29, 0.717) is 28.6 Å². The Morgan fingerprint density at radius 2 is 2.08 bits per heavy atom. The molecule has 4 rings (SSSR count). The number of hydrogen-bond donors (Lipinski definition) is 1. The molecule has 3 aromatic heterocycles. The van der Waals surface area contributed by atoms with Gasteiger partial charge >= 0.3 is 0 Å². The molecule has 0 fully saturated rings. The number of rotatable bonds is 3. The lowest BCUT2D eigenvalue weighted by Gasteiger charge is -2.09. The van der Waals surface area contributed by atoms with Crippen LogP contribution < -0.4 is 5.32 Å². The van der Waals surface area contributed by atoms with Gasteiger partial charge in [0.05, 0.1) is 6.20 Å². The van der Waals surface area contributed by atoms with Crippen LogP contribution >= 0.6 is 0 Å². The summed E-state index contributed by atoms with van der Waals surface area (Å²) in [6.07, 6.45) is 2.63. The van der Waals surface area contributed by atoms with E-state index in [1.165, 1.54) is 28.9 Å². The molecule has 1 N–H and O–H groups in total. The van der Waals surface area contributed by atoms with Gasteiger partial charge in [-0.25, -0.2) is 9.37 Å². The minimum Gasteiger partial charge on any atom is -0.339 e. The molecule has 26 heavy (non-hydrogen) atoms. The molecule has 0 radical (unpaired) electrons. The third-order valence-electron chi connectivity index (χ3n) is 3.97. The molecule has 0 aliphatic rings. The Morgan fingerprint density at radius 3 is 2.85 bits per heavy atom. The monoisotopic (exact) mass is 351 g/mol. The molecule has 0 saturated carbocycles. The van der Waals surface area contributed by atoms with Gasteiger partial charge in [-0.05, 0) is 30.7 Å². The molecule has 0 saturated heterocycles. The minimum atomic E-state index is -0.449. The molecule has 0 bridgehead atoms. The Balaban J connectivity index is 1.67. The number of aryl methyl sites for hydroxylation is 2. The number of pyridine rings is 1. The molecule has 4 aromatic rings.